The maximum Gasteiger partial charge on any atom is 0.237 e. The number of rotatable bonds is 7. The molecule has 0 saturated carbocycles. The highest BCUT2D eigenvalue weighted by atomic mass is 35.5. The van der Waals surface area contributed by atoms with E-state index in [0.717, 1.165) is 45.3 Å². The topological polar surface area (TPSA) is 58.4 Å². The van der Waals surface area contributed by atoms with Crippen LogP contribution >= 0.6 is 24.8 Å². The quantitative estimate of drug-likeness (QED) is 0.734. The lowest BCUT2D eigenvalue weighted by atomic mass is 10.0. The predicted molar refractivity (Wildman–Crippen MR) is 100 cm³/mol. The molecule has 0 spiro atoms. The van der Waals surface area contributed by atoms with E-state index in [0.29, 0.717) is 6.54 Å². The lowest BCUT2D eigenvalue weighted by molar-refractivity contribution is -0.127. The molecule has 1 aromatic rings. The second-order valence-electron chi connectivity index (χ2n) is 5.75. The van der Waals surface area contributed by atoms with Gasteiger partial charge in [0, 0.05) is 13.1 Å². The zero-order chi connectivity index (χ0) is 14.9. The molecule has 0 aliphatic carbocycles. The number of carbonyl (C=O) groups is 1. The second-order valence-corrected chi connectivity index (χ2v) is 5.75. The Morgan fingerprint density at radius 2 is 1.91 bits per heavy atom. The summed E-state index contributed by atoms with van der Waals surface area (Å²) >= 11 is 0. The molecule has 1 fully saturated rings. The fraction of sp³-hybridized carbons (Fsp3) is 0.588. The molecule has 3 N–H and O–H groups in total. The molecule has 1 aliphatic heterocycles. The molecular weight excluding hydrogens is 333 g/mol. The number of nitrogens with zero attached hydrogens (tertiary/aromatic N) is 1. The number of carbonyl (C=O) groups excluding carboxylic acids is 1. The van der Waals surface area contributed by atoms with Crippen molar-refractivity contribution in [3.05, 3.63) is 35.9 Å². The summed E-state index contributed by atoms with van der Waals surface area (Å²) in [5.74, 6) is 0.183. The number of nitrogens with one attached hydrogen (secondary N) is 1. The molecule has 1 saturated heterocycles. The van der Waals surface area contributed by atoms with Crippen LogP contribution in [0.3, 0.4) is 0 Å². The minimum Gasteiger partial charge on any atom is -0.355 e. The number of likely N-dealkylation sites (tertiary alicyclic amines) is 1. The van der Waals surface area contributed by atoms with E-state index in [9.17, 15) is 4.79 Å². The van der Waals surface area contributed by atoms with Gasteiger partial charge in [-0.3, -0.25) is 9.69 Å². The van der Waals surface area contributed by atoms with Crippen molar-refractivity contribution < 1.29 is 4.79 Å². The largest absolute Gasteiger partial charge is 0.355 e. The third-order valence-corrected chi connectivity index (χ3v) is 4.07. The van der Waals surface area contributed by atoms with E-state index in [1.807, 2.05) is 6.07 Å². The Balaban J connectivity index is 0.00000242. The Morgan fingerprint density at radius 3 is 2.61 bits per heavy atom. The van der Waals surface area contributed by atoms with Gasteiger partial charge < -0.3 is 11.1 Å². The van der Waals surface area contributed by atoms with Crippen molar-refractivity contribution >= 4 is 30.7 Å². The van der Waals surface area contributed by atoms with Gasteiger partial charge in [0.2, 0.25) is 5.91 Å². The fourth-order valence-corrected chi connectivity index (χ4v) is 2.89. The van der Waals surface area contributed by atoms with Crippen molar-refractivity contribution in [3.8, 4) is 0 Å². The molecule has 1 aromatic carbocycles. The third kappa shape index (κ3) is 7.53. The van der Waals surface area contributed by atoms with E-state index in [2.05, 4.69) is 34.5 Å². The number of benzene rings is 1. The van der Waals surface area contributed by atoms with Crippen LogP contribution in [0.5, 0.6) is 0 Å². The highest BCUT2D eigenvalue weighted by Crippen LogP contribution is 2.19. The Kier molecular flexibility index (Phi) is 12.1. The smallest absolute Gasteiger partial charge is 0.237 e. The number of hydrogen-bond donors (Lipinski definition) is 2. The average Bonchev–Trinajstić information content (AvgIpc) is 2.53. The first-order valence-electron chi connectivity index (χ1n) is 8.07. The Bertz CT molecular complexity index is 431. The van der Waals surface area contributed by atoms with Crippen molar-refractivity contribution in [1.29, 1.82) is 0 Å². The molecule has 1 amide bonds. The first-order chi connectivity index (χ1) is 10.3. The first kappa shape index (κ1) is 22.2. The van der Waals surface area contributed by atoms with Crippen LogP contribution in [0.1, 0.15) is 37.7 Å². The van der Waals surface area contributed by atoms with Crippen molar-refractivity contribution in [3.63, 3.8) is 0 Å². The van der Waals surface area contributed by atoms with Crippen LogP contribution in [0.2, 0.25) is 0 Å². The number of nitrogens with two attached hydrogens (primary N) is 1. The zero-order valence-corrected chi connectivity index (χ0v) is 15.2. The highest BCUT2D eigenvalue weighted by molar-refractivity contribution is 5.85. The molecule has 6 heteroatoms. The molecule has 0 aromatic heterocycles. The summed E-state index contributed by atoms with van der Waals surface area (Å²) in [7, 11) is 0. The standard InChI is InChI=1S/C17H27N3O.2ClH/c18-11-5-6-12-19-17(21)16-10-4-7-13-20(16)14-15-8-2-1-3-9-15;;/h1-3,8-9,16H,4-7,10-14,18H2,(H,19,21);2*1H. The summed E-state index contributed by atoms with van der Waals surface area (Å²) in [6.45, 7) is 3.31. The van der Waals surface area contributed by atoms with E-state index < -0.39 is 0 Å². The summed E-state index contributed by atoms with van der Waals surface area (Å²) in [4.78, 5) is 14.7. The molecule has 0 radical (unpaired) electrons. The molecule has 1 aliphatic rings. The summed E-state index contributed by atoms with van der Waals surface area (Å²) in [6, 6.07) is 10.4. The van der Waals surface area contributed by atoms with E-state index in [4.69, 9.17) is 5.73 Å². The minimum absolute atomic E-state index is 0. The fourth-order valence-electron chi connectivity index (χ4n) is 2.89. The third-order valence-electron chi connectivity index (χ3n) is 4.07. The van der Waals surface area contributed by atoms with Gasteiger partial charge in [-0.25, -0.2) is 0 Å². The molecule has 1 heterocycles. The van der Waals surface area contributed by atoms with Crippen molar-refractivity contribution in [2.24, 2.45) is 5.73 Å². The van der Waals surface area contributed by atoms with Crippen LogP contribution in [0.15, 0.2) is 30.3 Å². The minimum atomic E-state index is 0. The van der Waals surface area contributed by atoms with E-state index in [1.165, 1.54) is 12.0 Å². The average molecular weight is 362 g/mol. The normalized spacial score (nSPS) is 17.7. The maximum absolute atomic E-state index is 12.4. The Morgan fingerprint density at radius 1 is 1.17 bits per heavy atom. The lowest BCUT2D eigenvalue weighted by Gasteiger charge is -2.34. The van der Waals surface area contributed by atoms with Gasteiger partial charge in [-0.15, -0.1) is 24.8 Å². The van der Waals surface area contributed by atoms with E-state index in [1.54, 1.807) is 0 Å². The second kappa shape index (κ2) is 12.6. The first-order valence-corrected chi connectivity index (χ1v) is 8.07. The van der Waals surface area contributed by atoms with Crippen LogP contribution < -0.4 is 11.1 Å². The summed E-state index contributed by atoms with van der Waals surface area (Å²) < 4.78 is 0. The van der Waals surface area contributed by atoms with Gasteiger partial charge in [0.25, 0.3) is 0 Å². The van der Waals surface area contributed by atoms with Gasteiger partial charge in [-0.2, -0.15) is 0 Å². The van der Waals surface area contributed by atoms with Crippen LogP contribution in [0.25, 0.3) is 0 Å². The molecule has 2 rings (SSSR count). The molecule has 132 valence electrons. The van der Waals surface area contributed by atoms with Gasteiger partial charge in [0.15, 0.2) is 0 Å². The molecule has 0 bridgehead atoms. The van der Waals surface area contributed by atoms with E-state index in [-0.39, 0.29) is 36.8 Å². The van der Waals surface area contributed by atoms with Crippen molar-refractivity contribution in [2.75, 3.05) is 19.6 Å². The van der Waals surface area contributed by atoms with E-state index >= 15 is 0 Å². The monoisotopic (exact) mass is 361 g/mol. The summed E-state index contributed by atoms with van der Waals surface area (Å²) in [5, 5.41) is 3.07. The molecule has 4 nitrogen and oxygen atoms in total. The number of halogens is 2. The number of amides is 1. The SMILES string of the molecule is Cl.Cl.NCCCCNC(=O)C1CCCCN1Cc1ccccc1. The number of piperidine rings is 1. The van der Waals surface area contributed by atoms with Crippen LogP contribution in [-0.4, -0.2) is 36.5 Å². The summed E-state index contributed by atoms with van der Waals surface area (Å²) in [6.07, 6.45) is 5.23. The zero-order valence-electron chi connectivity index (χ0n) is 13.6. The predicted octanol–water partition coefficient (Wildman–Crippen LogP) is 2.74. The molecule has 1 atom stereocenters. The van der Waals surface area contributed by atoms with Crippen molar-refractivity contribution in [2.45, 2.75) is 44.7 Å². The molecular formula is C17H29Cl2N3O. The Labute approximate surface area is 152 Å². The maximum atomic E-state index is 12.4. The Hall–Kier alpha value is -0.810. The van der Waals surface area contributed by atoms with Gasteiger partial charge >= 0.3 is 0 Å². The van der Waals surface area contributed by atoms with Gasteiger partial charge in [-0.1, -0.05) is 36.8 Å². The summed E-state index contributed by atoms with van der Waals surface area (Å²) in [5.41, 5.74) is 6.75. The van der Waals surface area contributed by atoms with Crippen molar-refractivity contribution in [1.82, 2.24) is 10.2 Å². The molecule has 1 unspecified atom stereocenters. The highest BCUT2D eigenvalue weighted by Gasteiger charge is 2.28. The van der Waals surface area contributed by atoms with Crippen LogP contribution in [0, 0.1) is 0 Å². The lowest BCUT2D eigenvalue weighted by Crippen LogP contribution is -2.49. The molecule has 23 heavy (non-hydrogen) atoms. The van der Waals surface area contributed by atoms with Crippen LogP contribution in [-0.2, 0) is 11.3 Å². The number of hydrogen-bond acceptors (Lipinski definition) is 3. The van der Waals surface area contributed by atoms with Gasteiger partial charge in [0.1, 0.15) is 0 Å². The number of unbranched alkanes of at least 4 members (excludes halogenated alkanes) is 1. The van der Waals surface area contributed by atoms with Gasteiger partial charge in [-0.05, 0) is 44.3 Å². The van der Waals surface area contributed by atoms with Gasteiger partial charge in [0.05, 0.1) is 6.04 Å². The van der Waals surface area contributed by atoms with Crippen LogP contribution in [0.4, 0.5) is 0 Å².